The van der Waals surface area contributed by atoms with Crippen LogP contribution in [0, 0.1) is 6.92 Å². The normalized spacial score (nSPS) is 12.8. The summed E-state index contributed by atoms with van der Waals surface area (Å²) in [6.45, 7) is 11.3. The summed E-state index contributed by atoms with van der Waals surface area (Å²) in [7, 11) is -2.42. The van der Waals surface area contributed by atoms with E-state index in [4.69, 9.17) is 10.5 Å². The number of nitrogens with two attached hydrogens (primary N) is 1. The number of hydrogen-bond donors (Lipinski definition) is 2. The van der Waals surface area contributed by atoms with Crippen molar-refractivity contribution in [3.05, 3.63) is 71.7 Å². The molecular weight excluding hydrogens is 459 g/mol. The third-order valence-electron chi connectivity index (χ3n) is 5.19. The van der Waals surface area contributed by atoms with Gasteiger partial charge in [0.2, 0.25) is 5.91 Å². The van der Waals surface area contributed by atoms with Crippen LogP contribution in [0.25, 0.3) is 10.9 Å². The lowest BCUT2D eigenvalue weighted by molar-refractivity contribution is -0.119. The predicted molar refractivity (Wildman–Crippen MR) is 144 cm³/mol. The molecule has 0 fully saturated rings. The average molecular weight is 493 g/mol. The topological polar surface area (TPSA) is 107 Å². The fourth-order valence-corrected chi connectivity index (χ4v) is 4.23. The van der Waals surface area contributed by atoms with E-state index in [9.17, 15) is 9.36 Å². The highest BCUT2D eigenvalue weighted by Gasteiger charge is 2.15. The second kappa shape index (κ2) is 10.4. The zero-order valence-corrected chi connectivity index (χ0v) is 22.0. The summed E-state index contributed by atoms with van der Waals surface area (Å²) in [6.07, 6.45) is 4.77. The molecule has 8 heteroatoms. The third-order valence-corrected chi connectivity index (χ3v) is 6.71. The van der Waals surface area contributed by atoms with Gasteiger partial charge in [-0.05, 0) is 82.5 Å². The summed E-state index contributed by atoms with van der Waals surface area (Å²) in [5.74, 6) is 1.11. The maximum atomic E-state index is 12.6. The molecular formula is C27H33N4O3P. The minimum atomic E-state index is -2.42. The molecule has 184 valence electrons. The van der Waals surface area contributed by atoms with E-state index in [-0.39, 0.29) is 17.9 Å². The van der Waals surface area contributed by atoms with Gasteiger partial charge in [0.05, 0.1) is 23.2 Å². The van der Waals surface area contributed by atoms with Gasteiger partial charge in [-0.25, -0.2) is 0 Å². The fourth-order valence-electron chi connectivity index (χ4n) is 3.36. The Morgan fingerprint density at radius 1 is 1.14 bits per heavy atom. The molecule has 0 aliphatic carbocycles. The first kappa shape index (κ1) is 26.2. The van der Waals surface area contributed by atoms with Crippen LogP contribution in [0.5, 0.6) is 11.5 Å². The van der Waals surface area contributed by atoms with E-state index in [2.05, 4.69) is 15.3 Å². The summed E-state index contributed by atoms with van der Waals surface area (Å²) in [4.78, 5) is 21.3. The molecule has 35 heavy (non-hydrogen) atoms. The smallest absolute Gasteiger partial charge is 0.228 e. The van der Waals surface area contributed by atoms with Gasteiger partial charge in [0.1, 0.15) is 18.6 Å². The summed E-state index contributed by atoms with van der Waals surface area (Å²) in [5.41, 5.74) is 8.32. The predicted octanol–water partition coefficient (Wildman–Crippen LogP) is 4.91. The molecule has 0 aliphatic heterocycles. The van der Waals surface area contributed by atoms with Gasteiger partial charge < -0.3 is 20.4 Å². The van der Waals surface area contributed by atoms with Crippen molar-refractivity contribution in [3.63, 3.8) is 0 Å². The standard InChI is InChI=1S/C27H33N4O3P/c1-18-13-19(14-26(32)31-20(16-28)17-30-27(2,3)4)7-10-24(18)34-25-11-12-29-23-9-8-21(15-22(23)25)35(5,6)33/h7-13,15-17H,14,28H2,1-6H3,(H,31,32)/b20-16+,30-17?. The number of nitrogens with one attached hydrogen (secondary N) is 1. The Hall–Kier alpha value is -3.44. The second-order valence-corrected chi connectivity index (χ2v) is 13.1. The number of nitrogens with zero attached hydrogens (tertiary/aromatic N) is 2. The Labute approximate surface area is 206 Å². The maximum Gasteiger partial charge on any atom is 0.228 e. The Morgan fingerprint density at radius 2 is 1.89 bits per heavy atom. The summed E-state index contributed by atoms with van der Waals surface area (Å²) >= 11 is 0. The van der Waals surface area contributed by atoms with Gasteiger partial charge in [-0.3, -0.25) is 14.8 Å². The number of aliphatic imine (C=N–C) groups is 1. The van der Waals surface area contributed by atoms with Crippen molar-refractivity contribution in [2.75, 3.05) is 13.3 Å². The molecule has 2 aromatic carbocycles. The fraction of sp³-hybridized carbons (Fsp3) is 0.296. The number of ether oxygens (including phenoxy) is 1. The number of hydrogen-bond acceptors (Lipinski definition) is 6. The molecule has 7 nitrogen and oxygen atoms in total. The van der Waals surface area contributed by atoms with E-state index in [1.165, 1.54) is 6.20 Å². The number of allylic oxidation sites excluding steroid dienone is 1. The number of carbonyl (C=O) groups is 1. The van der Waals surface area contributed by atoms with Crippen LogP contribution in [-0.4, -0.2) is 36.0 Å². The van der Waals surface area contributed by atoms with Crippen LogP contribution in [0.15, 0.2) is 65.6 Å². The van der Waals surface area contributed by atoms with Crippen LogP contribution in [-0.2, 0) is 15.8 Å². The molecule has 1 amide bonds. The van der Waals surface area contributed by atoms with Gasteiger partial charge >= 0.3 is 0 Å². The first-order chi connectivity index (χ1) is 16.4. The molecule has 0 bridgehead atoms. The van der Waals surface area contributed by atoms with Crippen molar-refractivity contribution >= 4 is 35.5 Å². The lowest BCUT2D eigenvalue weighted by Gasteiger charge is -2.14. The Balaban J connectivity index is 1.77. The number of rotatable bonds is 7. The highest BCUT2D eigenvalue weighted by Crippen LogP contribution is 2.37. The van der Waals surface area contributed by atoms with E-state index < -0.39 is 7.14 Å². The number of fused-ring (bicyclic) bond motifs is 1. The van der Waals surface area contributed by atoms with Gasteiger partial charge in [-0.15, -0.1) is 0 Å². The molecule has 1 aromatic heterocycles. The van der Waals surface area contributed by atoms with Gasteiger partial charge in [0, 0.05) is 29.3 Å². The van der Waals surface area contributed by atoms with Crippen LogP contribution in [0.4, 0.5) is 0 Å². The SMILES string of the molecule is Cc1cc(CC(=O)N/C(C=NC(C)(C)C)=C/N)ccc1Oc1ccnc2ccc(P(C)(C)=O)cc12. The monoisotopic (exact) mass is 492 g/mol. The zero-order chi connectivity index (χ0) is 25.8. The third kappa shape index (κ3) is 7.27. The number of pyridine rings is 1. The molecule has 1 heterocycles. The Morgan fingerprint density at radius 3 is 2.51 bits per heavy atom. The minimum Gasteiger partial charge on any atom is -0.456 e. The van der Waals surface area contributed by atoms with Crippen LogP contribution < -0.4 is 21.1 Å². The average Bonchev–Trinajstić information content (AvgIpc) is 2.77. The summed E-state index contributed by atoms with van der Waals surface area (Å²) < 4.78 is 18.8. The van der Waals surface area contributed by atoms with Gasteiger partial charge in [0.25, 0.3) is 0 Å². The van der Waals surface area contributed by atoms with Gasteiger partial charge in [-0.1, -0.05) is 12.1 Å². The van der Waals surface area contributed by atoms with E-state index in [0.29, 0.717) is 17.2 Å². The molecule has 0 saturated carbocycles. The highest BCUT2D eigenvalue weighted by atomic mass is 31.2. The summed E-state index contributed by atoms with van der Waals surface area (Å²) in [6, 6.07) is 13.0. The molecule has 0 aliphatic rings. The first-order valence-corrected chi connectivity index (χ1v) is 13.9. The van der Waals surface area contributed by atoms with Crippen molar-refractivity contribution < 1.29 is 14.1 Å². The van der Waals surface area contributed by atoms with Crippen molar-refractivity contribution in [2.24, 2.45) is 10.7 Å². The van der Waals surface area contributed by atoms with Gasteiger partial charge in [-0.2, -0.15) is 0 Å². The van der Waals surface area contributed by atoms with E-state index in [1.54, 1.807) is 31.8 Å². The second-order valence-electron chi connectivity index (χ2n) is 9.84. The van der Waals surface area contributed by atoms with E-state index in [0.717, 1.165) is 27.3 Å². The largest absolute Gasteiger partial charge is 0.456 e. The molecule has 0 atom stereocenters. The number of amides is 1. The number of benzene rings is 2. The minimum absolute atomic E-state index is 0.186. The zero-order valence-electron chi connectivity index (χ0n) is 21.1. The first-order valence-electron chi connectivity index (χ1n) is 11.3. The van der Waals surface area contributed by atoms with Crippen LogP contribution in [0.3, 0.4) is 0 Å². The molecule has 0 radical (unpaired) electrons. The van der Waals surface area contributed by atoms with E-state index >= 15 is 0 Å². The van der Waals surface area contributed by atoms with Crippen molar-refractivity contribution in [1.82, 2.24) is 10.3 Å². The number of aryl methyl sites for hydroxylation is 1. The number of carbonyl (C=O) groups excluding carboxylic acids is 1. The Kier molecular flexibility index (Phi) is 7.81. The molecule has 0 saturated heterocycles. The summed E-state index contributed by atoms with van der Waals surface area (Å²) in [5, 5.41) is 4.36. The lowest BCUT2D eigenvalue weighted by atomic mass is 10.1. The van der Waals surface area contributed by atoms with E-state index in [1.807, 2.05) is 64.1 Å². The van der Waals surface area contributed by atoms with Gasteiger partial charge in [0.15, 0.2) is 0 Å². The lowest BCUT2D eigenvalue weighted by Crippen LogP contribution is -2.26. The molecule has 3 aromatic rings. The molecule has 3 N–H and O–H groups in total. The quantitative estimate of drug-likeness (QED) is 0.360. The Bertz CT molecular complexity index is 1350. The van der Waals surface area contributed by atoms with Crippen LogP contribution >= 0.6 is 7.14 Å². The van der Waals surface area contributed by atoms with Crippen LogP contribution in [0.1, 0.15) is 31.9 Å². The molecule has 0 unspecified atom stereocenters. The number of aromatic nitrogens is 1. The maximum absolute atomic E-state index is 12.6. The van der Waals surface area contributed by atoms with Crippen LogP contribution in [0.2, 0.25) is 0 Å². The highest BCUT2D eigenvalue weighted by molar-refractivity contribution is 7.70. The van der Waals surface area contributed by atoms with Crippen molar-refractivity contribution in [3.8, 4) is 11.5 Å². The van der Waals surface area contributed by atoms with Crippen molar-refractivity contribution in [2.45, 2.75) is 39.7 Å². The van der Waals surface area contributed by atoms with Crippen molar-refractivity contribution in [1.29, 1.82) is 0 Å². The molecule has 0 spiro atoms. The molecule has 3 rings (SSSR count).